The molecule has 13 heteroatoms. The van der Waals surface area contributed by atoms with Crippen molar-refractivity contribution in [3.05, 3.63) is 40.8 Å². The van der Waals surface area contributed by atoms with E-state index < -0.39 is 23.7 Å². The number of halogens is 3. The van der Waals surface area contributed by atoms with E-state index in [0.29, 0.717) is 26.8 Å². The number of aromatic nitrogens is 7. The molecule has 0 bridgehead atoms. The Morgan fingerprint density at radius 3 is 2.29 bits per heavy atom. The summed E-state index contributed by atoms with van der Waals surface area (Å²) in [5.41, 5.74) is 0.0513. The van der Waals surface area contributed by atoms with E-state index in [1.54, 1.807) is 19.2 Å². The quantitative estimate of drug-likeness (QED) is 0.266. The molecule has 0 aliphatic rings. The third-order valence-electron chi connectivity index (χ3n) is 4.86. The SMILES string of the molecule is Cn1nc(O[C@H](c2cc(Br)ccn2)C(F)F)c2cc(-c3cnc(OC(C)(C)C)nc3OC(C)(C)C)nnc21. The number of ether oxygens (including phenoxy) is 3. The number of nitrogens with zero attached hydrogens (tertiary/aromatic N) is 7. The van der Waals surface area contributed by atoms with Gasteiger partial charge < -0.3 is 14.2 Å². The predicted molar refractivity (Wildman–Crippen MR) is 139 cm³/mol. The molecule has 0 aliphatic heterocycles. The van der Waals surface area contributed by atoms with E-state index in [9.17, 15) is 8.78 Å². The van der Waals surface area contributed by atoms with Gasteiger partial charge in [-0.3, -0.25) is 4.98 Å². The van der Waals surface area contributed by atoms with Crippen LogP contribution in [0, 0.1) is 0 Å². The first-order chi connectivity index (χ1) is 17.7. The van der Waals surface area contributed by atoms with Gasteiger partial charge in [-0.05, 0) is 59.7 Å². The Hall–Kier alpha value is -3.48. The lowest BCUT2D eigenvalue weighted by Crippen LogP contribution is -2.26. The van der Waals surface area contributed by atoms with E-state index in [0.717, 1.165) is 0 Å². The molecule has 0 N–H and O–H groups in total. The zero-order chi connectivity index (χ0) is 27.8. The standard InChI is InChI=1S/C25H28BrF2N7O3/c1-24(2,3)37-21-15(12-30-23(31-21)38-25(4,5)6)16-11-14-20(33-32-16)35(7)34-22(14)36-18(19(27)28)17-10-13(26)8-9-29-17/h8-12,18-19H,1-7H3/t18-/m1/s1. The average molecular weight is 592 g/mol. The Morgan fingerprint density at radius 1 is 0.947 bits per heavy atom. The van der Waals surface area contributed by atoms with Gasteiger partial charge in [0.2, 0.25) is 17.9 Å². The molecule has 4 heterocycles. The monoisotopic (exact) mass is 591 g/mol. The fraction of sp³-hybridized carbons (Fsp3) is 0.440. The molecule has 0 unspecified atom stereocenters. The second-order valence-corrected chi connectivity index (χ2v) is 11.4. The molecule has 4 aromatic heterocycles. The van der Waals surface area contributed by atoms with Crippen LogP contribution in [0.15, 0.2) is 35.1 Å². The van der Waals surface area contributed by atoms with E-state index in [1.165, 1.54) is 23.1 Å². The highest BCUT2D eigenvalue weighted by atomic mass is 79.9. The molecule has 0 saturated heterocycles. The van der Waals surface area contributed by atoms with Gasteiger partial charge in [0.1, 0.15) is 16.9 Å². The topological polar surface area (TPSA) is 110 Å². The molecule has 38 heavy (non-hydrogen) atoms. The Morgan fingerprint density at radius 2 is 1.66 bits per heavy atom. The van der Waals surface area contributed by atoms with Crippen molar-refractivity contribution >= 4 is 27.0 Å². The Balaban J connectivity index is 1.79. The largest absolute Gasteiger partial charge is 0.471 e. The molecule has 0 radical (unpaired) electrons. The number of hydrogen-bond donors (Lipinski definition) is 0. The lowest BCUT2D eigenvalue weighted by Gasteiger charge is -2.24. The van der Waals surface area contributed by atoms with Gasteiger partial charge >= 0.3 is 6.01 Å². The summed E-state index contributed by atoms with van der Waals surface area (Å²) in [5, 5.41) is 13.2. The first-order valence-electron chi connectivity index (χ1n) is 11.7. The number of alkyl halides is 2. The van der Waals surface area contributed by atoms with Crippen LogP contribution in [0.5, 0.6) is 17.8 Å². The Bertz CT molecular complexity index is 1450. The van der Waals surface area contributed by atoms with Gasteiger partial charge in [-0.15, -0.1) is 15.3 Å². The first-order valence-corrected chi connectivity index (χ1v) is 12.5. The molecule has 0 aromatic carbocycles. The second-order valence-electron chi connectivity index (χ2n) is 10.5. The van der Waals surface area contributed by atoms with Crippen LogP contribution >= 0.6 is 15.9 Å². The molecule has 0 fully saturated rings. The molecule has 4 aromatic rings. The fourth-order valence-corrected chi connectivity index (χ4v) is 3.75. The number of rotatable bonds is 7. The van der Waals surface area contributed by atoms with E-state index in [2.05, 4.69) is 46.2 Å². The summed E-state index contributed by atoms with van der Waals surface area (Å²) in [7, 11) is 1.62. The number of aryl methyl sites for hydroxylation is 1. The van der Waals surface area contributed by atoms with Crippen LogP contribution in [-0.4, -0.2) is 52.6 Å². The number of fused-ring (bicyclic) bond motifs is 1. The third-order valence-corrected chi connectivity index (χ3v) is 5.36. The third kappa shape index (κ3) is 6.50. The summed E-state index contributed by atoms with van der Waals surface area (Å²) < 4.78 is 47.7. The van der Waals surface area contributed by atoms with Crippen LogP contribution in [0.3, 0.4) is 0 Å². The molecular formula is C25H28BrF2N7O3. The highest BCUT2D eigenvalue weighted by Crippen LogP contribution is 2.35. The smallest absolute Gasteiger partial charge is 0.320 e. The number of pyridine rings is 1. The van der Waals surface area contributed by atoms with Crippen molar-refractivity contribution in [2.45, 2.75) is 65.3 Å². The van der Waals surface area contributed by atoms with Crippen molar-refractivity contribution < 1.29 is 23.0 Å². The number of hydrogen-bond acceptors (Lipinski definition) is 9. The van der Waals surface area contributed by atoms with E-state index in [1.807, 2.05) is 41.5 Å². The van der Waals surface area contributed by atoms with Crippen molar-refractivity contribution in [1.29, 1.82) is 0 Å². The van der Waals surface area contributed by atoms with Crippen molar-refractivity contribution in [2.75, 3.05) is 0 Å². The highest BCUT2D eigenvalue weighted by molar-refractivity contribution is 9.10. The van der Waals surface area contributed by atoms with Crippen LogP contribution < -0.4 is 14.2 Å². The van der Waals surface area contributed by atoms with Crippen LogP contribution in [0.25, 0.3) is 22.3 Å². The maximum absolute atomic E-state index is 14.0. The normalized spacial score (nSPS) is 13.1. The minimum absolute atomic E-state index is 0.0439. The molecule has 0 aliphatic carbocycles. The van der Waals surface area contributed by atoms with Gasteiger partial charge in [0.25, 0.3) is 6.43 Å². The minimum atomic E-state index is -2.86. The van der Waals surface area contributed by atoms with Gasteiger partial charge in [0.15, 0.2) is 5.65 Å². The molecule has 0 spiro atoms. The zero-order valence-corrected chi connectivity index (χ0v) is 23.6. The van der Waals surface area contributed by atoms with Gasteiger partial charge in [0.05, 0.1) is 16.6 Å². The van der Waals surface area contributed by atoms with Crippen LogP contribution in [0.4, 0.5) is 8.78 Å². The highest BCUT2D eigenvalue weighted by Gasteiger charge is 2.29. The zero-order valence-electron chi connectivity index (χ0n) is 22.0. The molecular weight excluding hydrogens is 564 g/mol. The maximum atomic E-state index is 14.0. The summed E-state index contributed by atoms with van der Waals surface area (Å²) in [6.07, 6.45) is -1.57. The van der Waals surface area contributed by atoms with Crippen LogP contribution in [-0.2, 0) is 7.05 Å². The molecule has 1 atom stereocenters. The van der Waals surface area contributed by atoms with Crippen LogP contribution in [0.1, 0.15) is 53.3 Å². The van der Waals surface area contributed by atoms with Crippen molar-refractivity contribution in [3.8, 4) is 29.0 Å². The summed E-state index contributed by atoms with van der Waals surface area (Å²) in [5.74, 6) is 0.188. The summed E-state index contributed by atoms with van der Waals surface area (Å²) in [6.45, 7) is 11.3. The Kier molecular flexibility index (Phi) is 7.51. The molecule has 0 saturated carbocycles. The van der Waals surface area contributed by atoms with E-state index in [4.69, 9.17) is 14.2 Å². The van der Waals surface area contributed by atoms with Crippen molar-refractivity contribution in [2.24, 2.45) is 7.05 Å². The maximum Gasteiger partial charge on any atom is 0.320 e. The predicted octanol–water partition coefficient (Wildman–Crippen LogP) is 5.72. The van der Waals surface area contributed by atoms with Crippen molar-refractivity contribution in [1.82, 2.24) is 34.9 Å². The molecule has 4 rings (SSSR count). The molecule has 10 nitrogen and oxygen atoms in total. The molecule has 0 amide bonds. The summed E-state index contributed by atoms with van der Waals surface area (Å²) in [4.78, 5) is 12.8. The first kappa shape index (κ1) is 27.6. The average Bonchev–Trinajstić information content (AvgIpc) is 3.10. The van der Waals surface area contributed by atoms with Gasteiger partial charge in [-0.25, -0.2) is 18.4 Å². The van der Waals surface area contributed by atoms with E-state index in [-0.39, 0.29) is 23.5 Å². The van der Waals surface area contributed by atoms with Crippen LogP contribution in [0.2, 0.25) is 0 Å². The Labute approximate surface area is 226 Å². The summed E-state index contributed by atoms with van der Waals surface area (Å²) >= 11 is 3.28. The van der Waals surface area contributed by atoms with Crippen molar-refractivity contribution in [3.63, 3.8) is 0 Å². The van der Waals surface area contributed by atoms with Gasteiger partial charge in [-0.1, -0.05) is 15.9 Å². The van der Waals surface area contributed by atoms with Gasteiger partial charge in [0, 0.05) is 23.9 Å². The lowest BCUT2D eigenvalue weighted by atomic mass is 10.1. The summed E-state index contributed by atoms with van der Waals surface area (Å²) in [6, 6.07) is 4.88. The second kappa shape index (κ2) is 10.4. The van der Waals surface area contributed by atoms with E-state index >= 15 is 0 Å². The lowest BCUT2D eigenvalue weighted by molar-refractivity contribution is 0.00608. The van der Waals surface area contributed by atoms with Gasteiger partial charge in [-0.2, -0.15) is 4.98 Å². The minimum Gasteiger partial charge on any atom is -0.471 e. The fourth-order valence-electron chi connectivity index (χ4n) is 3.39. The molecule has 202 valence electrons.